The molecule has 4 nitrogen and oxygen atoms in total. The van der Waals surface area contributed by atoms with Gasteiger partial charge in [0.25, 0.3) is 0 Å². The average Bonchev–Trinajstić information content (AvgIpc) is 2.32. The number of fused-ring (bicyclic) bond motifs is 1. The number of cyclic esters (lactones) is 1. The van der Waals surface area contributed by atoms with Crippen LogP contribution in [0.15, 0.2) is 12.1 Å². The highest BCUT2D eigenvalue weighted by atomic mass is 35.5. The highest BCUT2D eigenvalue weighted by Gasteiger charge is 2.45. The van der Waals surface area contributed by atoms with Crippen LogP contribution in [-0.4, -0.2) is 24.6 Å². The fourth-order valence-electron chi connectivity index (χ4n) is 1.95. The molecule has 0 aromatic heterocycles. The SMILES string of the molecule is COC(=O)C1(C)Cc2c(F)ccc(Cl)c2C(=O)O1. The summed E-state index contributed by atoms with van der Waals surface area (Å²) in [7, 11) is 1.17. The molecule has 0 aliphatic carbocycles. The second kappa shape index (κ2) is 4.24. The molecule has 0 N–H and O–H groups in total. The summed E-state index contributed by atoms with van der Waals surface area (Å²) in [6.45, 7) is 1.38. The van der Waals surface area contributed by atoms with Gasteiger partial charge < -0.3 is 9.47 Å². The molecule has 1 unspecified atom stereocenters. The van der Waals surface area contributed by atoms with E-state index in [1.807, 2.05) is 0 Å². The van der Waals surface area contributed by atoms with Crippen molar-refractivity contribution >= 4 is 23.5 Å². The molecule has 1 aliphatic rings. The Bertz CT molecular complexity index is 543. The molecule has 1 aromatic carbocycles. The number of halogens is 2. The van der Waals surface area contributed by atoms with E-state index in [0.29, 0.717) is 0 Å². The molecule has 1 aliphatic heterocycles. The van der Waals surface area contributed by atoms with Crippen molar-refractivity contribution in [2.24, 2.45) is 0 Å². The standard InChI is InChI=1S/C12H10ClFO4/c1-12(11(16)17-2)5-6-8(14)4-3-7(13)9(6)10(15)18-12/h3-4H,5H2,1-2H3. The zero-order valence-corrected chi connectivity index (χ0v) is 10.5. The van der Waals surface area contributed by atoms with Gasteiger partial charge in [-0.3, -0.25) is 0 Å². The van der Waals surface area contributed by atoms with E-state index in [4.69, 9.17) is 16.3 Å². The molecule has 0 spiro atoms. The Morgan fingerprint density at radius 1 is 1.56 bits per heavy atom. The highest BCUT2D eigenvalue weighted by Crippen LogP contribution is 2.34. The van der Waals surface area contributed by atoms with Crippen LogP contribution in [0.5, 0.6) is 0 Å². The van der Waals surface area contributed by atoms with Gasteiger partial charge in [-0.1, -0.05) is 11.6 Å². The number of benzene rings is 1. The van der Waals surface area contributed by atoms with E-state index in [-0.39, 0.29) is 22.6 Å². The Kier molecular flexibility index (Phi) is 3.02. The third-order valence-corrected chi connectivity index (χ3v) is 3.17. The third kappa shape index (κ3) is 1.84. The molecular weight excluding hydrogens is 263 g/mol. The smallest absolute Gasteiger partial charge is 0.350 e. The Balaban J connectivity index is 2.55. The normalized spacial score (nSPS) is 22.1. The minimum Gasteiger partial charge on any atom is -0.466 e. The average molecular weight is 273 g/mol. The molecule has 1 aromatic rings. The summed E-state index contributed by atoms with van der Waals surface area (Å²) in [6, 6.07) is 2.43. The van der Waals surface area contributed by atoms with Gasteiger partial charge in [0.15, 0.2) is 0 Å². The Morgan fingerprint density at radius 2 is 2.22 bits per heavy atom. The van der Waals surface area contributed by atoms with Crippen LogP contribution in [0, 0.1) is 5.82 Å². The lowest BCUT2D eigenvalue weighted by molar-refractivity contribution is -0.161. The second-order valence-electron chi connectivity index (χ2n) is 4.17. The molecular formula is C12H10ClFO4. The fourth-order valence-corrected chi connectivity index (χ4v) is 2.20. The topological polar surface area (TPSA) is 52.6 Å². The number of rotatable bonds is 1. The molecule has 0 fully saturated rings. The maximum absolute atomic E-state index is 13.7. The summed E-state index contributed by atoms with van der Waals surface area (Å²) in [5.74, 6) is -2.16. The molecule has 96 valence electrons. The highest BCUT2D eigenvalue weighted by molar-refractivity contribution is 6.34. The van der Waals surface area contributed by atoms with Crippen molar-refractivity contribution in [3.8, 4) is 0 Å². The maximum Gasteiger partial charge on any atom is 0.350 e. The predicted octanol–water partition coefficient (Wildman–Crippen LogP) is 2.12. The van der Waals surface area contributed by atoms with E-state index in [2.05, 4.69) is 4.74 Å². The zero-order valence-electron chi connectivity index (χ0n) is 9.75. The number of carbonyl (C=O) groups is 2. The molecule has 1 atom stereocenters. The van der Waals surface area contributed by atoms with Crippen LogP contribution in [-0.2, 0) is 20.7 Å². The van der Waals surface area contributed by atoms with E-state index in [0.717, 1.165) is 6.07 Å². The van der Waals surface area contributed by atoms with Crippen LogP contribution in [0.3, 0.4) is 0 Å². The number of methoxy groups -OCH3 is 1. The number of carbonyl (C=O) groups excluding carboxylic acids is 2. The first kappa shape index (κ1) is 12.8. The van der Waals surface area contributed by atoms with E-state index in [1.54, 1.807) is 0 Å². The van der Waals surface area contributed by atoms with Crippen molar-refractivity contribution < 1.29 is 23.5 Å². The number of hydrogen-bond donors (Lipinski definition) is 0. The molecule has 1 heterocycles. The lowest BCUT2D eigenvalue weighted by Gasteiger charge is -2.32. The van der Waals surface area contributed by atoms with E-state index < -0.39 is 23.4 Å². The largest absolute Gasteiger partial charge is 0.466 e. The van der Waals surface area contributed by atoms with Crippen LogP contribution < -0.4 is 0 Å². The van der Waals surface area contributed by atoms with Gasteiger partial charge in [-0.05, 0) is 19.1 Å². The van der Waals surface area contributed by atoms with Gasteiger partial charge in [-0.2, -0.15) is 0 Å². The minimum absolute atomic E-state index is 0.0296. The van der Waals surface area contributed by atoms with Gasteiger partial charge in [0.2, 0.25) is 5.60 Å². The van der Waals surface area contributed by atoms with Crippen LogP contribution >= 0.6 is 11.6 Å². The van der Waals surface area contributed by atoms with E-state index >= 15 is 0 Å². The molecule has 2 rings (SSSR count). The second-order valence-corrected chi connectivity index (χ2v) is 4.58. The first-order valence-corrected chi connectivity index (χ1v) is 5.55. The van der Waals surface area contributed by atoms with Gasteiger partial charge in [-0.15, -0.1) is 0 Å². The summed E-state index contributed by atoms with van der Waals surface area (Å²) in [6.07, 6.45) is -0.104. The van der Waals surface area contributed by atoms with Crippen LogP contribution in [0.25, 0.3) is 0 Å². The zero-order chi connectivity index (χ0) is 13.5. The quantitative estimate of drug-likeness (QED) is 0.735. The van der Waals surface area contributed by atoms with Crippen LogP contribution in [0.4, 0.5) is 4.39 Å². The van der Waals surface area contributed by atoms with Crippen molar-refractivity contribution in [3.05, 3.63) is 34.1 Å². The van der Waals surface area contributed by atoms with Crippen LogP contribution in [0.2, 0.25) is 5.02 Å². The van der Waals surface area contributed by atoms with Gasteiger partial charge in [0.1, 0.15) is 5.82 Å². The van der Waals surface area contributed by atoms with Crippen molar-refractivity contribution in [2.45, 2.75) is 18.9 Å². The molecule has 0 amide bonds. The van der Waals surface area contributed by atoms with Gasteiger partial charge in [0, 0.05) is 12.0 Å². The monoisotopic (exact) mass is 272 g/mol. The number of ether oxygens (including phenoxy) is 2. The molecule has 0 radical (unpaired) electrons. The molecule has 6 heteroatoms. The Hall–Kier alpha value is -1.62. The predicted molar refractivity (Wildman–Crippen MR) is 61.0 cm³/mol. The summed E-state index contributed by atoms with van der Waals surface area (Å²) in [5.41, 5.74) is -1.48. The summed E-state index contributed by atoms with van der Waals surface area (Å²) in [4.78, 5) is 23.4. The summed E-state index contributed by atoms with van der Waals surface area (Å²) >= 11 is 5.83. The molecule has 0 bridgehead atoms. The Labute approximate surface area is 108 Å². The van der Waals surface area contributed by atoms with Gasteiger partial charge in [-0.25, -0.2) is 14.0 Å². The third-order valence-electron chi connectivity index (χ3n) is 2.86. The number of hydrogen-bond acceptors (Lipinski definition) is 4. The van der Waals surface area contributed by atoms with Crippen molar-refractivity contribution in [1.29, 1.82) is 0 Å². The van der Waals surface area contributed by atoms with Crippen molar-refractivity contribution in [3.63, 3.8) is 0 Å². The first-order chi connectivity index (χ1) is 8.39. The summed E-state index contributed by atoms with van der Waals surface area (Å²) in [5, 5.41) is 0.100. The Morgan fingerprint density at radius 3 is 2.83 bits per heavy atom. The first-order valence-electron chi connectivity index (χ1n) is 5.17. The van der Waals surface area contributed by atoms with Gasteiger partial charge in [0.05, 0.1) is 17.7 Å². The minimum atomic E-state index is -1.52. The van der Waals surface area contributed by atoms with E-state index in [1.165, 1.54) is 20.1 Å². The molecule has 0 saturated heterocycles. The fraction of sp³-hybridized carbons (Fsp3) is 0.333. The maximum atomic E-state index is 13.7. The van der Waals surface area contributed by atoms with Crippen LogP contribution in [0.1, 0.15) is 22.8 Å². The molecule has 0 saturated carbocycles. The van der Waals surface area contributed by atoms with E-state index in [9.17, 15) is 14.0 Å². The summed E-state index contributed by atoms with van der Waals surface area (Å²) < 4.78 is 23.3. The number of esters is 2. The van der Waals surface area contributed by atoms with Gasteiger partial charge >= 0.3 is 11.9 Å². The van der Waals surface area contributed by atoms with Crippen molar-refractivity contribution in [2.75, 3.05) is 7.11 Å². The molecule has 18 heavy (non-hydrogen) atoms. The lowest BCUT2D eigenvalue weighted by Crippen LogP contribution is -2.47. The van der Waals surface area contributed by atoms with Crippen molar-refractivity contribution in [1.82, 2.24) is 0 Å². The lowest BCUT2D eigenvalue weighted by atomic mass is 9.89.